The molecule has 6 heteroatoms. The number of carbonyl (C=O) groups is 1. The maximum atomic E-state index is 11.7. The van der Waals surface area contributed by atoms with Gasteiger partial charge in [-0.05, 0) is 13.0 Å². The van der Waals surface area contributed by atoms with Crippen molar-refractivity contribution in [1.29, 1.82) is 0 Å². The fourth-order valence-electron chi connectivity index (χ4n) is 1.70. The first-order valence-corrected chi connectivity index (χ1v) is 6.91. The van der Waals surface area contributed by atoms with Crippen molar-refractivity contribution in [3.63, 3.8) is 0 Å². The van der Waals surface area contributed by atoms with E-state index < -0.39 is 0 Å². The third-order valence-electron chi connectivity index (χ3n) is 2.55. The van der Waals surface area contributed by atoms with Gasteiger partial charge >= 0.3 is 5.97 Å². The van der Waals surface area contributed by atoms with Crippen LogP contribution >= 0.6 is 23.2 Å². The van der Waals surface area contributed by atoms with Crippen LogP contribution < -0.4 is 4.90 Å². The molecule has 0 bridgehead atoms. The van der Waals surface area contributed by atoms with Gasteiger partial charge in [0.2, 0.25) is 0 Å². The molecular formula is C12H18Cl2N2O2. The molecule has 0 radical (unpaired) electrons. The highest BCUT2D eigenvalue weighted by atomic mass is 35.5. The first kappa shape index (κ1) is 15.2. The Bertz CT molecular complexity index is 387. The van der Waals surface area contributed by atoms with Gasteiger partial charge in [0.25, 0.3) is 0 Å². The largest absolute Gasteiger partial charge is 0.461 e. The molecule has 1 aromatic heterocycles. The van der Waals surface area contributed by atoms with Crippen LogP contribution in [-0.4, -0.2) is 42.0 Å². The van der Waals surface area contributed by atoms with Gasteiger partial charge in [0.15, 0.2) is 0 Å². The number of esters is 1. The number of nitrogens with zero attached hydrogens (tertiary/aromatic N) is 2. The Hall–Kier alpha value is -0.870. The second-order valence-electron chi connectivity index (χ2n) is 3.78. The molecule has 0 spiro atoms. The minimum Gasteiger partial charge on any atom is -0.461 e. The van der Waals surface area contributed by atoms with Gasteiger partial charge in [0.1, 0.15) is 5.69 Å². The highest BCUT2D eigenvalue weighted by molar-refractivity contribution is 6.18. The Balaban J connectivity index is 2.89. The summed E-state index contributed by atoms with van der Waals surface area (Å²) in [5, 5.41) is 0. The van der Waals surface area contributed by atoms with E-state index in [0.717, 1.165) is 5.69 Å². The number of aromatic nitrogens is 1. The fraction of sp³-hybridized carbons (Fsp3) is 0.583. The number of hydrogen-bond acceptors (Lipinski definition) is 3. The summed E-state index contributed by atoms with van der Waals surface area (Å²) in [6.07, 6.45) is 1.88. The van der Waals surface area contributed by atoms with Gasteiger partial charge in [-0.1, -0.05) is 0 Å². The predicted octanol–water partition coefficient (Wildman–Crippen LogP) is 2.49. The lowest BCUT2D eigenvalue weighted by molar-refractivity contribution is 0.0515. The Morgan fingerprint density at radius 3 is 2.50 bits per heavy atom. The van der Waals surface area contributed by atoms with Crippen molar-refractivity contribution in [2.75, 3.05) is 36.4 Å². The van der Waals surface area contributed by atoms with Crippen LogP contribution in [-0.2, 0) is 11.8 Å². The quantitative estimate of drug-likeness (QED) is 0.572. The lowest BCUT2D eigenvalue weighted by Gasteiger charge is -2.20. The van der Waals surface area contributed by atoms with E-state index in [1.165, 1.54) is 0 Å². The van der Waals surface area contributed by atoms with Crippen LogP contribution in [0.3, 0.4) is 0 Å². The maximum Gasteiger partial charge on any atom is 0.355 e. The van der Waals surface area contributed by atoms with E-state index in [-0.39, 0.29) is 5.97 Å². The van der Waals surface area contributed by atoms with Crippen molar-refractivity contribution < 1.29 is 9.53 Å². The highest BCUT2D eigenvalue weighted by Crippen LogP contribution is 2.19. The average molecular weight is 293 g/mol. The molecule has 1 aromatic rings. The van der Waals surface area contributed by atoms with Gasteiger partial charge in [0.05, 0.1) is 12.3 Å². The summed E-state index contributed by atoms with van der Waals surface area (Å²) < 4.78 is 6.74. The van der Waals surface area contributed by atoms with Crippen molar-refractivity contribution in [3.8, 4) is 0 Å². The van der Waals surface area contributed by atoms with Crippen LogP contribution in [0.5, 0.6) is 0 Å². The highest BCUT2D eigenvalue weighted by Gasteiger charge is 2.15. The molecular weight excluding hydrogens is 275 g/mol. The second kappa shape index (κ2) is 7.54. The average Bonchev–Trinajstić information content (AvgIpc) is 2.71. The topological polar surface area (TPSA) is 34.5 Å². The molecule has 1 heterocycles. The van der Waals surface area contributed by atoms with Crippen LogP contribution in [0.15, 0.2) is 12.3 Å². The van der Waals surface area contributed by atoms with Crippen LogP contribution in [0.4, 0.5) is 5.69 Å². The number of alkyl halides is 2. The number of carbonyl (C=O) groups excluding carboxylic acids is 1. The van der Waals surface area contributed by atoms with Crippen molar-refractivity contribution in [3.05, 3.63) is 18.0 Å². The molecule has 0 aliphatic heterocycles. The summed E-state index contributed by atoms with van der Waals surface area (Å²) in [6.45, 7) is 3.54. The van der Waals surface area contributed by atoms with Crippen LogP contribution in [0.25, 0.3) is 0 Å². The molecule has 102 valence electrons. The zero-order valence-electron chi connectivity index (χ0n) is 10.7. The normalized spacial score (nSPS) is 10.4. The molecule has 18 heavy (non-hydrogen) atoms. The summed E-state index contributed by atoms with van der Waals surface area (Å²) in [7, 11) is 1.81. The third kappa shape index (κ3) is 3.82. The van der Waals surface area contributed by atoms with Crippen molar-refractivity contribution in [2.45, 2.75) is 6.92 Å². The van der Waals surface area contributed by atoms with E-state index in [9.17, 15) is 4.79 Å². The number of rotatable bonds is 7. The first-order valence-electron chi connectivity index (χ1n) is 5.84. The second-order valence-corrected chi connectivity index (χ2v) is 4.54. The molecule has 0 aliphatic carbocycles. The number of anilines is 1. The first-order chi connectivity index (χ1) is 8.63. The smallest absolute Gasteiger partial charge is 0.355 e. The maximum absolute atomic E-state index is 11.7. The fourth-order valence-corrected chi connectivity index (χ4v) is 2.11. The van der Waals surface area contributed by atoms with E-state index >= 15 is 0 Å². The van der Waals surface area contributed by atoms with E-state index in [1.807, 2.05) is 18.1 Å². The van der Waals surface area contributed by atoms with Crippen LogP contribution in [0.2, 0.25) is 0 Å². The Kier molecular flexibility index (Phi) is 6.36. The van der Waals surface area contributed by atoms with Gasteiger partial charge < -0.3 is 14.2 Å². The van der Waals surface area contributed by atoms with Gasteiger partial charge in [0, 0.05) is 38.1 Å². The zero-order chi connectivity index (χ0) is 13.5. The number of ether oxygens (including phenoxy) is 1. The number of halogens is 2. The van der Waals surface area contributed by atoms with E-state index in [2.05, 4.69) is 0 Å². The predicted molar refractivity (Wildman–Crippen MR) is 75.0 cm³/mol. The molecule has 0 saturated carbocycles. The Morgan fingerprint density at radius 2 is 2.00 bits per heavy atom. The Labute approximate surface area is 117 Å². The monoisotopic (exact) mass is 292 g/mol. The van der Waals surface area contributed by atoms with Gasteiger partial charge in [-0.3, -0.25) is 0 Å². The molecule has 0 atom stereocenters. The molecule has 0 aromatic carbocycles. The van der Waals surface area contributed by atoms with Crippen molar-refractivity contribution >= 4 is 34.9 Å². The van der Waals surface area contributed by atoms with Gasteiger partial charge in [-0.2, -0.15) is 0 Å². The molecule has 0 aliphatic rings. The molecule has 0 unspecified atom stereocenters. The summed E-state index contributed by atoms with van der Waals surface area (Å²) >= 11 is 11.5. The minimum atomic E-state index is -0.317. The molecule has 4 nitrogen and oxygen atoms in total. The summed E-state index contributed by atoms with van der Waals surface area (Å²) in [4.78, 5) is 13.7. The number of hydrogen-bond donors (Lipinski definition) is 0. The van der Waals surface area contributed by atoms with Crippen LogP contribution in [0.1, 0.15) is 17.4 Å². The van der Waals surface area contributed by atoms with Crippen LogP contribution in [0, 0.1) is 0 Å². The molecule has 1 rings (SSSR count). The van der Waals surface area contributed by atoms with E-state index in [0.29, 0.717) is 37.2 Å². The summed E-state index contributed by atoms with van der Waals surface area (Å²) in [5.74, 6) is 0.712. The molecule has 0 fully saturated rings. The van der Waals surface area contributed by atoms with E-state index in [4.69, 9.17) is 27.9 Å². The third-order valence-corrected chi connectivity index (χ3v) is 2.89. The lowest BCUT2D eigenvalue weighted by atomic mass is 10.3. The zero-order valence-corrected chi connectivity index (χ0v) is 12.2. The molecule has 0 saturated heterocycles. The number of aryl methyl sites for hydroxylation is 1. The van der Waals surface area contributed by atoms with E-state index in [1.54, 1.807) is 17.6 Å². The van der Waals surface area contributed by atoms with Crippen molar-refractivity contribution in [2.24, 2.45) is 7.05 Å². The lowest BCUT2D eigenvalue weighted by Crippen LogP contribution is -2.27. The Morgan fingerprint density at radius 1 is 1.39 bits per heavy atom. The molecule has 0 N–H and O–H groups in total. The minimum absolute atomic E-state index is 0.317. The SMILES string of the molecule is CCOC(=O)c1cc(N(CCCl)CCCl)cn1C. The standard InChI is InChI=1S/C12H18Cl2N2O2/c1-3-18-12(17)11-8-10(9-15(11)2)16(6-4-13)7-5-14/h8-9H,3-7H2,1-2H3. The summed E-state index contributed by atoms with van der Waals surface area (Å²) in [6, 6.07) is 1.80. The van der Waals surface area contributed by atoms with Crippen molar-refractivity contribution in [1.82, 2.24) is 4.57 Å². The van der Waals surface area contributed by atoms with Gasteiger partial charge in [-0.15, -0.1) is 23.2 Å². The van der Waals surface area contributed by atoms with Gasteiger partial charge in [-0.25, -0.2) is 4.79 Å². The molecule has 0 amide bonds. The summed E-state index contributed by atoms with van der Waals surface area (Å²) in [5.41, 5.74) is 1.46.